The smallest absolute Gasteiger partial charge is 0.194 e. The normalized spacial score (nSPS) is 47.2. The lowest BCUT2D eigenvalue weighted by Crippen LogP contribution is -2.93. The third kappa shape index (κ3) is 1.62. The quantitative estimate of drug-likeness (QED) is 0.832. The molecule has 0 spiro atoms. The van der Waals surface area contributed by atoms with Crippen molar-refractivity contribution in [3.05, 3.63) is 60.7 Å². The monoisotopic (exact) mass is 378 g/mol. The number of hydrogen-bond acceptors (Lipinski definition) is 6. The average Bonchev–Trinajstić information content (AvgIpc) is 2.72. The highest BCUT2D eigenvalue weighted by molar-refractivity contribution is 5.57. The van der Waals surface area contributed by atoms with Gasteiger partial charge in [0.1, 0.15) is 12.5 Å². The second-order valence-corrected chi connectivity index (χ2v) is 8.71. The predicted octanol–water partition coefficient (Wildman–Crippen LogP) is 1.88. The van der Waals surface area contributed by atoms with E-state index >= 15 is 0 Å². The second kappa shape index (κ2) is 4.89. The fourth-order valence-electron chi connectivity index (χ4n) is 6.68. The van der Waals surface area contributed by atoms with Crippen molar-refractivity contribution in [2.75, 3.05) is 9.80 Å². The molecule has 0 radical (unpaired) electrons. The summed E-state index contributed by atoms with van der Waals surface area (Å²) in [5.41, 5.74) is 2.00. The van der Waals surface area contributed by atoms with Crippen molar-refractivity contribution in [2.24, 2.45) is 11.8 Å². The maximum absolute atomic E-state index is 11.8. The molecule has 2 unspecified atom stereocenters. The van der Waals surface area contributed by atoms with Gasteiger partial charge in [-0.25, -0.2) is 0 Å². The van der Waals surface area contributed by atoms with E-state index in [0.29, 0.717) is 12.8 Å². The molecule has 6 heterocycles. The van der Waals surface area contributed by atoms with Crippen molar-refractivity contribution in [3.63, 3.8) is 0 Å². The first kappa shape index (κ1) is 15.8. The number of para-hydroxylation sites is 2. The average molecular weight is 378 g/mol. The third-order valence-electron chi connectivity index (χ3n) is 7.56. The van der Waals surface area contributed by atoms with Crippen LogP contribution in [0.25, 0.3) is 0 Å². The van der Waals surface area contributed by atoms with E-state index in [1.165, 1.54) is 0 Å². The molecule has 2 aromatic rings. The van der Waals surface area contributed by atoms with Crippen molar-refractivity contribution in [1.29, 1.82) is 0 Å². The molecule has 6 aliphatic heterocycles. The van der Waals surface area contributed by atoms with Crippen LogP contribution in [-0.2, 0) is 9.47 Å². The summed E-state index contributed by atoms with van der Waals surface area (Å²) in [7, 11) is 0. The zero-order valence-electron chi connectivity index (χ0n) is 15.3. The minimum absolute atomic E-state index is 0.200. The summed E-state index contributed by atoms with van der Waals surface area (Å²) in [6.45, 7) is 0. The molecular weight excluding hydrogens is 356 g/mol. The molecule has 6 nitrogen and oxygen atoms in total. The van der Waals surface area contributed by atoms with E-state index in [1.807, 2.05) is 60.7 Å². The second-order valence-electron chi connectivity index (χ2n) is 8.71. The Morgan fingerprint density at radius 1 is 0.679 bits per heavy atom. The van der Waals surface area contributed by atoms with Gasteiger partial charge in [-0.2, -0.15) is 0 Å². The van der Waals surface area contributed by atoms with Crippen LogP contribution >= 0.6 is 0 Å². The first-order valence-electron chi connectivity index (χ1n) is 10.1. The van der Waals surface area contributed by atoms with Crippen molar-refractivity contribution < 1.29 is 19.7 Å². The van der Waals surface area contributed by atoms with Crippen LogP contribution in [0.4, 0.5) is 11.4 Å². The lowest BCUT2D eigenvalue weighted by Gasteiger charge is -2.78. The minimum atomic E-state index is -1.27. The standard InChI is InChI=1S/C22H22N2O4/c25-21-16-11-17-23(13-7-3-1-4-8-13)19(21)15-12-18(28-21)24(14-9-5-2-6-10-14)20(16)22(15,26)27-17/h1-10,15-20,25-26H,11-12H2/t15-,16-,17-,18+,19-,20-,21?,22?/m0/s1. The van der Waals surface area contributed by atoms with Gasteiger partial charge in [0.25, 0.3) is 0 Å². The molecule has 144 valence electrons. The van der Waals surface area contributed by atoms with Crippen LogP contribution in [0, 0.1) is 11.8 Å². The summed E-state index contributed by atoms with van der Waals surface area (Å²) in [5.74, 6) is -2.94. The Bertz CT molecular complexity index is 865. The van der Waals surface area contributed by atoms with Gasteiger partial charge >= 0.3 is 0 Å². The van der Waals surface area contributed by atoms with Crippen molar-refractivity contribution in [1.82, 2.24) is 0 Å². The number of nitrogens with zero attached hydrogens (tertiary/aromatic N) is 2. The predicted molar refractivity (Wildman–Crippen MR) is 101 cm³/mol. The van der Waals surface area contributed by atoms with E-state index in [1.54, 1.807) is 0 Å². The van der Waals surface area contributed by atoms with Gasteiger partial charge in [0, 0.05) is 36.1 Å². The largest absolute Gasteiger partial charge is 0.363 e. The Balaban J connectivity index is 1.38. The minimum Gasteiger partial charge on any atom is -0.363 e. The van der Waals surface area contributed by atoms with E-state index in [2.05, 4.69) is 9.80 Å². The van der Waals surface area contributed by atoms with Crippen LogP contribution in [0.5, 0.6) is 0 Å². The fraction of sp³-hybridized carbons (Fsp3) is 0.455. The number of piperidine rings is 2. The van der Waals surface area contributed by atoms with E-state index in [4.69, 9.17) is 9.47 Å². The van der Waals surface area contributed by atoms with Gasteiger partial charge in [0.15, 0.2) is 11.6 Å². The van der Waals surface area contributed by atoms with Gasteiger partial charge in [-0.15, -0.1) is 0 Å². The highest BCUT2D eigenvalue weighted by Crippen LogP contribution is 2.66. The summed E-state index contributed by atoms with van der Waals surface area (Å²) in [4.78, 5) is 4.28. The number of ether oxygens (including phenoxy) is 2. The molecule has 8 atom stereocenters. The maximum Gasteiger partial charge on any atom is 0.194 e. The number of aliphatic hydroxyl groups is 2. The molecule has 0 amide bonds. The first-order chi connectivity index (χ1) is 13.6. The van der Waals surface area contributed by atoms with Crippen LogP contribution in [0.2, 0.25) is 0 Å². The van der Waals surface area contributed by atoms with Crippen molar-refractivity contribution in [3.8, 4) is 0 Å². The summed E-state index contributed by atoms with van der Waals surface area (Å²) in [6, 6.07) is 19.5. The Hall–Kier alpha value is -2.12. The molecule has 2 N–H and O–H groups in total. The number of anilines is 2. The van der Waals surface area contributed by atoms with Gasteiger partial charge in [-0.1, -0.05) is 36.4 Å². The molecule has 8 bridgehead atoms. The molecule has 1 aliphatic carbocycles. The number of hydrogen-bond donors (Lipinski definition) is 2. The molecule has 6 heteroatoms. The first-order valence-corrected chi connectivity index (χ1v) is 10.1. The topological polar surface area (TPSA) is 65.4 Å². The highest BCUT2D eigenvalue weighted by atomic mass is 16.7. The molecule has 0 aromatic heterocycles. The molecule has 2 aromatic carbocycles. The lowest BCUT2D eigenvalue weighted by molar-refractivity contribution is -0.465. The number of benzene rings is 2. The molecule has 7 aliphatic rings. The van der Waals surface area contributed by atoms with Crippen LogP contribution < -0.4 is 9.80 Å². The van der Waals surface area contributed by atoms with E-state index in [9.17, 15) is 10.2 Å². The van der Waals surface area contributed by atoms with Gasteiger partial charge in [0.05, 0.1) is 12.1 Å². The van der Waals surface area contributed by atoms with Crippen LogP contribution in [0.15, 0.2) is 60.7 Å². The summed E-state index contributed by atoms with van der Waals surface area (Å²) in [5, 5.41) is 23.5. The molecule has 7 fully saturated rings. The lowest BCUT2D eigenvalue weighted by atomic mass is 9.55. The SMILES string of the molecule is OC12O[C@@H]3C[C@H]4[C@@H]1N(c1ccccc1)[C@@H]1C[C@H]2[C@H](N3c2ccccc2)C4(O)O1. The van der Waals surface area contributed by atoms with Gasteiger partial charge in [0.2, 0.25) is 0 Å². The summed E-state index contributed by atoms with van der Waals surface area (Å²) >= 11 is 0. The van der Waals surface area contributed by atoms with Crippen molar-refractivity contribution >= 4 is 11.4 Å². The molecule has 1 saturated carbocycles. The highest BCUT2D eigenvalue weighted by Gasteiger charge is 2.82. The van der Waals surface area contributed by atoms with Crippen LogP contribution in [0.1, 0.15) is 12.8 Å². The number of rotatable bonds is 2. The van der Waals surface area contributed by atoms with Gasteiger partial charge in [-0.3, -0.25) is 0 Å². The molecule has 6 saturated heterocycles. The van der Waals surface area contributed by atoms with Crippen molar-refractivity contribution in [2.45, 2.75) is 49.0 Å². The molecular formula is C22H22N2O4. The molecule has 9 rings (SSSR count). The summed E-state index contributed by atoms with van der Waals surface area (Å²) in [6.07, 6.45) is 0.729. The van der Waals surface area contributed by atoms with E-state index < -0.39 is 11.6 Å². The fourth-order valence-corrected chi connectivity index (χ4v) is 6.68. The Morgan fingerprint density at radius 3 is 1.46 bits per heavy atom. The maximum atomic E-state index is 11.8. The van der Waals surface area contributed by atoms with E-state index in [-0.39, 0.29) is 36.4 Å². The zero-order valence-corrected chi connectivity index (χ0v) is 15.3. The Kier molecular flexibility index (Phi) is 2.75. The van der Waals surface area contributed by atoms with Gasteiger partial charge in [-0.05, 0) is 24.3 Å². The summed E-state index contributed by atoms with van der Waals surface area (Å²) < 4.78 is 12.8. The molecule has 28 heavy (non-hydrogen) atoms. The Labute approximate surface area is 162 Å². The zero-order chi connectivity index (χ0) is 18.7. The van der Waals surface area contributed by atoms with Gasteiger partial charge < -0.3 is 29.5 Å². The van der Waals surface area contributed by atoms with Crippen LogP contribution in [0.3, 0.4) is 0 Å². The Morgan fingerprint density at radius 2 is 1.07 bits per heavy atom. The van der Waals surface area contributed by atoms with Crippen LogP contribution in [-0.4, -0.2) is 46.3 Å². The van der Waals surface area contributed by atoms with E-state index in [0.717, 1.165) is 11.4 Å². The third-order valence-corrected chi connectivity index (χ3v) is 7.56.